The number of hydrogen-bond acceptors (Lipinski definition) is 5. The van der Waals surface area contributed by atoms with E-state index in [9.17, 15) is 4.79 Å². The molecule has 2 aromatic carbocycles. The predicted octanol–water partition coefficient (Wildman–Crippen LogP) is 5.31. The first-order valence-electron chi connectivity index (χ1n) is 11.1. The minimum Gasteiger partial charge on any atom is -0.494 e. The second kappa shape index (κ2) is 13.4. The zero-order valence-corrected chi connectivity index (χ0v) is 19.0. The molecule has 2 aromatic rings. The van der Waals surface area contributed by atoms with E-state index in [1.54, 1.807) is 0 Å². The van der Waals surface area contributed by atoms with Gasteiger partial charge in [-0.15, -0.1) is 0 Å². The Hall–Kier alpha value is -2.95. The monoisotopic (exact) mass is 425 g/mol. The fourth-order valence-corrected chi connectivity index (χ4v) is 3.22. The molecule has 0 saturated carbocycles. The van der Waals surface area contributed by atoms with Crippen molar-refractivity contribution in [1.29, 1.82) is 0 Å². The summed E-state index contributed by atoms with van der Waals surface area (Å²) in [6, 6.07) is 16.1. The first kappa shape index (κ1) is 24.3. The van der Waals surface area contributed by atoms with Crippen LogP contribution in [-0.4, -0.2) is 19.2 Å². The summed E-state index contributed by atoms with van der Waals surface area (Å²) in [5.74, 6) is 1.46. The number of ether oxygens (including phenoxy) is 3. The van der Waals surface area contributed by atoms with E-state index in [-0.39, 0.29) is 5.97 Å². The predicted molar refractivity (Wildman–Crippen MR) is 124 cm³/mol. The second-order valence-electron chi connectivity index (χ2n) is 7.40. The molecule has 0 unspecified atom stereocenters. The number of carbonyl (C=O) groups is 1. The summed E-state index contributed by atoms with van der Waals surface area (Å²) in [7, 11) is 0. The molecule has 0 radical (unpaired) electrons. The van der Waals surface area contributed by atoms with Gasteiger partial charge in [-0.1, -0.05) is 43.3 Å². The van der Waals surface area contributed by atoms with Crippen LogP contribution in [0.5, 0.6) is 5.75 Å². The molecule has 0 spiro atoms. The Bertz CT molecular complexity index is 846. The number of esters is 1. The van der Waals surface area contributed by atoms with E-state index in [2.05, 4.69) is 13.0 Å². The molecule has 0 aliphatic heterocycles. The van der Waals surface area contributed by atoms with Gasteiger partial charge < -0.3 is 19.9 Å². The van der Waals surface area contributed by atoms with Crippen molar-refractivity contribution in [3.8, 4) is 5.75 Å². The van der Waals surface area contributed by atoms with Crippen LogP contribution in [0.1, 0.15) is 56.7 Å². The largest absolute Gasteiger partial charge is 0.494 e. The molecule has 2 N–H and O–H groups in total. The van der Waals surface area contributed by atoms with E-state index >= 15 is 0 Å². The average molecular weight is 426 g/mol. The van der Waals surface area contributed by atoms with Crippen LogP contribution in [0.25, 0.3) is 0 Å². The lowest BCUT2D eigenvalue weighted by Crippen LogP contribution is -2.07. The molecule has 5 heteroatoms. The minimum atomic E-state index is -0.154. The van der Waals surface area contributed by atoms with Crippen LogP contribution < -0.4 is 10.5 Å². The molecule has 0 bridgehead atoms. The molecule has 0 aliphatic carbocycles. The summed E-state index contributed by atoms with van der Waals surface area (Å²) in [5, 5.41) is 0. The maximum absolute atomic E-state index is 11.6. The van der Waals surface area contributed by atoms with E-state index in [0.717, 1.165) is 42.0 Å². The number of aryl methyl sites for hydroxylation is 2. The molecule has 0 amide bonds. The first-order chi connectivity index (χ1) is 15.0. The zero-order chi connectivity index (χ0) is 22.5. The van der Waals surface area contributed by atoms with Crippen molar-refractivity contribution in [3.63, 3.8) is 0 Å². The van der Waals surface area contributed by atoms with Gasteiger partial charge in [-0.2, -0.15) is 0 Å². The average Bonchev–Trinajstić information content (AvgIpc) is 2.79. The number of allylic oxidation sites excluding steroid dienone is 2. The highest BCUT2D eigenvalue weighted by Crippen LogP contribution is 2.21. The van der Waals surface area contributed by atoms with Gasteiger partial charge in [0, 0.05) is 12.1 Å². The highest BCUT2D eigenvalue weighted by Gasteiger charge is 2.08. The Morgan fingerprint density at radius 2 is 1.74 bits per heavy atom. The Morgan fingerprint density at radius 3 is 2.45 bits per heavy atom. The van der Waals surface area contributed by atoms with Crippen LogP contribution in [0.15, 0.2) is 60.0 Å². The van der Waals surface area contributed by atoms with Gasteiger partial charge in [0.25, 0.3) is 0 Å². The molecule has 0 heterocycles. The van der Waals surface area contributed by atoms with Crippen LogP contribution >= 0.6 is 0 Å². The number of rotatable bonds is 13. The summed E-state index contributed by atoms with van der Waals surface area (Å²) < 4.78 is 16.7. The maximum atomic E-state index is 11.6. The van der Waals surface area contributed by atoms with E-state index in [0.29, 0.717) is 32.7 Å². The fourth-order valence-electron chi connectivity index (χ4n) is 3.22. The van der Waals surface area contributed by atoms with Crippen molar-refractivity contribution >= 4 is 5.97 Å². The molecule has 0 fully saturated rings. The molecule has 0 saturated heterocycles. The smallest absolute Gasteiger partial charge is 0.306 e. The topological polar surface area (TPSA) is 70.8 Å². The van der Waals surface area contributed by atoms with Gasteiger partial charge in [0.15, 0.2) is 0 Å². The van der Waals surface area contributed by atoms with Crippen molar-refractivity contribution < 1.29 is 19.0 Å². The molecule has 168 valence electrons. The van der Waals surface area contributed by atoms with Crippen molar-refractivity contribution in [2.24, 2.45) is 5.73 Å². The lowest BCUT2D eigenvalue weighted by Gasteiger charge is -2.13. The minimum absolute atomic E-state index is 0.154. The second-order valence-corrected chi connectivity index (χ2v) is 7.40. The van der Waals surface area contributed by atoms with Crippen molar-refractivity contribution in [1.82, 2.24) is 0 Å². The molecule has 0 atom stereocenters. The summed E-state index contributed by atoms with van der Waals surface area (Å²) in [6.07, 6.45) is 3.51. The standard InChI is InChI=1S/C26H35NO4/c1-4-22-18-24(15-13-23(22)14-16-26(28)29-5-2)30-17-9-12-25(27)20(3)31-19-21-10-7-6-8-11-21/h6-8,10-11,13,15,18H,4-5,9,12,14,16-17,19,27H2,1-3H3/b25-20-. The molecular weight excluding hydrogens is 390 g/mol. The lowest BCUT2D eigenvalue weighted by molar-refractivity contribution is -0.143. The Morgan fingerprint density at radius 1 is 0.968 bits per heavy atom. The zero-order valence-electron chi connectivity index (χ0n) is 19.0. The van der Waals surface area contributed by atoms with Crippen LogP contribution in [0.2, 0.25) is 0 Å². The molecule has 2 rings (SSSR count). The van der Waals surface area contributed by atoms with Crippen molar-refractivity contribution in [2.75, 3.05) is 13.2 Å². The first-order valence-corrected chi connectivity index (χ1v) is 11.1. The quantitative estimate of drug-likeness (QED) is 0.267. The van der Waals surface area contributed by atoms with Gasteiger partial charge >= 0.3 is 5.97 Å². The van der Waals surface area contributed by atoms with Crippen LogP contribution in [-0.2, 0) is 33.7 Å². The summed E-state index contributed by atoms with van der Waals surface area (Å²) >= 11 is 0. The van der Waals surface area contributed by atoms with E-state index in [1.807, 2.05) is 56.3 Å². The fraction of sp³-hybridized carbons (Fsp3) is 0.423. The van der Waals surface area contributed by atoms with Crippen molar-refractivity contribution in [2.45, 2.75) is 59.5 Å². The third kappa shape index (κ3) is 8.75. The lowest BCUT2D eigenvalue weighted by atomic mass is 10.0. The molecular formula is C26H35NO4. The third-order valence-electron chi connectivity index (χ3n) is 5.07. The van der Waals surface area contributed by atoms with Crippen LogP contribution in [0, 0.1) is 0 Å². The van der Waals surface area contributed by atoms with Crippen molar-refractivity contribution in [3.05, 3.63) is 76.7 Å². The summed E-state index contributed by atoms with van der Waals surface area (Å²) in [4.78, 5) is 11.6. The van der Waals surface area contributed by atoms with Gasteiger partial charge in [-0.3, -0.25) is 4.79 Å². The molecule has 5 nitrogen and oxygen atoms in total. The summed E-state index contributed by atoms with van der Waals surface area (Å²) in [5.41, 5.74) is 10.4. The van der Waals surface area contributed by atoms with Gasteiger partial charge in [-0.25, -0.2) is 0 Å². The van der Waals surface area contributed by atoms with Gasteiger partial charge in [0.1, 0.15) is 18.1 Å². The highest BCUT2D eigenvalue weighted by molar-refractivity contribution is 5.69. The van der Waals surface area contributed by atoms with Crippen LogP contribution in [0.4, 0.5) is 0 Å². The highest BCUT2D eigenvalue weighted by atomic mass is 16.5. The van der Waals surface area contributed by atoms with Gasteiger partial charge in [0.05, 0.1) is 13.2 Å². The SMILES string of the molecule is CCOC(=O)CCc1ccc(OCCC/C(N)=C(\C)OCc2ccccc2)cc1CC. The Kier molecular flexibility index (Phi) is 10.5. The number of hydrogen-bond donors (Lipinski definition) is 1. The van der Waals surface area contributed by atoms with E-state index in [1.165, 1.54) is 11.1 Å². The number of carbonyl (C=O) groups excluding carboxylic acids is 1. The summed E-state index contributed by atoms with van der Waals surface area (Å²) in [6.45, 7) is 7.36. The maximum Gasteiger partial charge on any atom is 0.306 e. The normalized spacial score (nSPS) is 11.6. The third-order valence-corrected chi connectivity index (χ3v) is 5.07. The Labute approximate surface area is 186 Å². The van der Waals surface area contributed by atoms with Crippen LogP contribution in [0.3, 0.4) is 0 Å². The van der Waals surface area contributed by atoms with E-state index in [4.69, 9.17) is 19.9 Å². The Balaban J connectivity index is 1.77. The van der Waals surface area contributed by atoms with E-state index < -0.39 is 0 Å². The number of nitrogens with two attached hydrogens (primary N) is 1. The molecule has 0 aromatic heterocycles. The van der Waals surface area contributed by atoms with Gasteiger partial charge in [0.2, 0.25) is 0 Å². The van der Waals surface area contributed by atoms with Gasteiger partial charge in [-0.05, 0) is 68.4 Å². The molecule has 31 heavy (non-hydrogen) atoms. The molecule has 0 aliphatic rings. The number of benzene rings is 2.